The Morgan fingerprint density at radius 2 is 1.23 bits per heavy atom. The first-order valence-electron chi connectivity index (χ1n) is 12.6. The summed E-state index contributed by atoms with van der Waals surface area (Å²) in [5, 5.41) is 0. The first kappa shape index (κ1) is 29.1. The van der Waals surface area contributed by atoms with Crippen molar-refractivity contribution in [2.45, 2.75) is 130 Å². The number of carbonyl (C=O) groups excluding carboxylic acids is 1. The zero-order valence-corrected chi connectivity index (χ0v) is 20.5. The summed E-state index contributed by atoms with van der Waals surface area (Å²) < 4.78 is 16.4. The number of hydrogen-bond acceptors (Lipinski definition) is 4. The van der Waals surface area contributed by atoms with E-state index in [1.807, 2.05) is 20.8 Å². The molecule has 0 spiro atoms. The molecule has 0 aromatic carbocycles. The van der Waals surface area contributed by atoms with E-state index in [0.29, 0.717) is 26.2 Å². The Hall–Kier alpha value is -0.870. The summed E-state index contributed by atoms with van der Waals surface area (Å²) in [5.74, 6) is -0.110. The van der Waals surface area contributed by atoms with E-state index < -0.39 is 0 Å². The number of unbranched alkanes of at least 4 members (excludes halogenated alkanes) is 11. The molecule has 0 aliphatic heterocycles. The van der Waals surface area contributed by atoms with Crippen LogP contribution >= 0.6 is 0 Å². The molecule has 0 aliphatic carbocycles. The van der Waals surface area contributed by atoms with Gasteiger partial charge in [0.2, 0.25) is 0 Å². The molecule has 178 valence electrons. The first-order valence-corrected chi connectivity index (χ1v) is 12.6. The lowest BCUT2D eigenvalue weighted by Gasteiger charge is -2.17. The molecule has 0 radical (unpaired) electrons. The highest BCUT2D eigenvalue weighted by atomic mass is 16.6. The number of carbonyl (C=O) groups is 1. The van der Waals surface area contributed by atoms with Crippen LogP contribution in [-0.4, -0.2) is 38.0 Å². The second kappa shape index (κ2) is 22.8. The van der Waals surface area contributed by atoms with Gasteiger partial charge >= 0.3 is 5.97 Å². The van der Waals surface area contributed by atoms with Gasteiger partial charge < -0.3 is 14.2 Å². The van der Waals surface area contributed by atoms with Crippen molar-refractivity contribution in [2.24, 2.45) is 0 Å². The van der Waals surface area contributed by atoms with Gasteiger partial charge in [-0.2, -0.15) is 0 Å². The van der Waals surface area contributed by atoms with Crippen LogP contribution < -0.4 is 0 Å². The van der Waals surface area contributed by atoms with Gasteiger partial charge in [0, 0.05) is 13.0 Å². The summed E-state index contributed by atoms with van der Waals surface area (Å²) in [5.41, 5.74) is 0. The Kier molecular flexibility index (Phi) is 22.1. The summed E-state index contributed by atoms with van der Waals surface area (Å²) in [6.07, 6.45) is 21.6. The summed E-state index contributed by atoms with van der Waals surface area (Å²) in [6.45, 7) is 9.68. The summed E-state index contributed by atoms with van der Waals surface area (Å²) >= 11 is 0. The van der Waals surface area contributed by atoms with Crippen LogP contribution in [0, 0.1) is 0 Å². The van der Waals surface area contributed by atoms with Gasteiger partial charge in [0.25, 0.3) is 0 Å². The molecule has 4 heteroatoms. The van der Waals surface area contributed by atoms with E-state index in [2.05, 4.69) is 19.1 Å². The van der Waals surface area contributed by atoms with E-state index in [0.717, 1.165) is 12.8 Å². The van der Waals surface area contributed by atoms with Crippen LogP contribution in [0.5, 0.6) is 0 Å². The Balaban J connectivity index is 3.37. The fourth-order valence-electron chi connectivity index (χ4n) is 3.30. The van der Waals surface area contributed by atoms with Crippen LogP contribution in [0.2, 0.25) is 0 Å². The molecular formula is C26H50O4. The highest BCUT2D eigenvalue weighted by Gasteiger charge is 2.09. The Labute approximate surface area is 187 Å². The molecule has 0 saturated carbocycles. The van der Waals surface area contributed by atoms with E-state index in [-0.39, 0.29) is 18.2 Å². The van der Waals surface area contributed by atoms with Crippen molar-refractivity contribution >= 4 is 5.97 Å². The molecule has 30 heavy (non-hydrogen) atoms. The van der Waals surface area contributed by atoms with Crippen LogP contribution in [0.15, 0.2) is 12.2 Å². The molecule has 0 fully saturated rings. The highest BCUT2D eigenvalue weighted by Crippen LogP contribution is 2.10. The van der Waals surface area contributed by atoms with Gasteiger partial charge in [-0.1, -0.05) is 70.4 Å². The molecule has 0 rings (SSSR count). The van der Waals surface area contributed by atoms with E-state index in [1.54, 1.807) is 0 Å². The van der Waals surface area contributed by atoms with Crippen molar-refractivity contribution in [3.63, 3.8) is 0 Å². The van der Waals surface area contributed by atoms with Crippen LogP contribution in [0.3, 0.4) is 0 Å². The number of allylic oxidation sites excluding steroid dienone is 2. The van der Waals surface area contributed by atoms with Crippen molar-refractivity contribution in [2.75, 3.05) is 19.8 Å². The molecule has 0 aromatic heterocycles. The van der Waals surface area contributed by atoms with Crippen molar-refractivity contribution in [3.8, 4) is 0 Å². The van der Waals surface area contributed by atoms with Crippen molar-refractivity contribution < 1.29 is 19.0 Å². The fourth-order valence-corrected chi connectivity index (χ4v) is 3.30. The molecule has 0 bridgehead atoms. The predicted octanol–water partition coefficient (Wildman–Crippen LogP) is 7.40. The standard InChI is InChI=1S/C26H50O4/c1-5-7-8-9-10-11-12-13-14-15-16-17-18-19-20-21-26(27)30-23-25(4)29-22-24(3)28-6-2/h13-14,24-25H,5-12,15-23H2,1-4H3/b14-13-. The van der Waals surface area contributed by atoms with E-state index in [9.17, 15) is 4.79 Å². The molecular weight excluding hydrogens is 376 g/mol. The molecule has 0 aliphatic rings. The zero-order chi connectivity index (χ0) is 22.3. The number of ether oxygens (including phenoxy) is 3. The maximum absolute atomic E-state index is 11.8. The molecule has 0 N–H and O–H groups in total. The molecule has 0 amide bonds. The predicted molar refractivity (Wildman–Crippen MR) is 127 cm³/mol. The third-order valence-electron chi connectivity index (χ3n) is 5.19. The number of rotatable bonds is 22. The average Bonchev–Trinajstić information content (AvgIpc) is 2.73. The third kappa shape index (κ3) is 21.8. The highest BCUT2D eigenvalue weighted by molar-refractivity contribution is 5.69. The summed E-state index contributed by atoms with van der Waals surface area (Å²) in [6, 6.07) is 0. The molecule has 4 nitrogen and oxygen atoms in total. The lowest BCUT2D eigenvalue weighted by Crippen LogP contribution is -2.24. The molecule has 2 atom stereocenters. The Morgan fingerprint density at radius 1 is 0.700 bits per heavy atom. The van der Waals surface area contributed by atoms with Crippen molar-refractivity contribution in [1.82, 2.24) is 0 Å². The van der Waals surface area contributed by atoms with Crippen LogP contribution in [-0.2, 0) is 19.0 Å². The maximum Gasteiger partial charge on any atom is 0.305 e. The monoisotopic (exact) mass is 426 g/mol. The normalized spacial score (nSPS) is 13.6. The summed E-state index contributed by atoms with van der Waals surface area (Å²) in [7, 11) is 0. The second-order valence-corrected chi connectivity index (χ2v) is 8.43. The fraction of sp³-hybridized carbons (Fsp3) is 0.885. The minimum atomic E-state index is -0.110. The zero-order valence-electron chi connectivity index (χ0n) is 20.5. The van der Waals surface area contributed by atoms with Gasteiger partial charge in [0.1, 0.15) is 6.61 Å². The SMILES string of the molecule is CCCCCCCC/C=C\CCCCCCCC(=O)OCC(C)OCC(C)OCC. The minimum Gasteiger partial charge on any atom is -0.463 e. The summed E-state index contributed by atoms with van der Waals surface area (Å²) in [4.78, 5) is 11.8. The van der Waals surface area contributed by atoms with Gasteiger partial charge in [-0.15, -0.1) is 0 Å². The van der Waals surface area contributed by atoms with Crippen molar-refractivity contribution in [3.05, 3.63) is 12.2 Å². The maximum atomic E-state index is 11.8. The average molecular weight is 427 g/mol. The van der Waals surface area contributed by atoms with Crippen LogP contribution in [0.25, 0.3) is 0 Å². The largest absolute Gasteiger partial charge is 0.463 e. The second-order valence-electron chi connectivity index (χ2n) is 8.43. The topological polar surface area (TPSA) is 44.8 Å². The molecule has 0 aromatic rings. The Morgan fingerprint density at radius 3 is 1.83 bits per heavy atom. The third-order valence-corrected chi connectivity index (χ3v) is 5.19. The molecule has 0 saturated heterocycles. The molecule has 0 heterocycles. The van der Waals surface area contributed by atoms with Crippen LogP contribution in [0.4, 0.5) is 0 Å². The number of hydrogen-bond donors (Lipinski definition) is 0. The van der Waals surface area contributed by atoms with Gasteiger partial charge in [0.05, 0.1) is 18.8 Å². The van der Waals surface area contributed by atoms with Crippen LogP contribution in [0.1, 0.15) is 118 Å². The van der Waals surface area contributed by atoms with Crippen molar-refractivity contribution in [1.29, 1.82) is 0 Å². The van der Waals surface area contributed by atoms with E-state index >= 15 is 0 Å². The van der Waals surface area contributed by atoms with E-state index in [4.69, 9.17) is 14.2 Å². The molecule has 2 unspecified atom stereocenters. The lowest BCUT2D eigenvalue weighted by atomic mass is 10.1. The van der Waals surface area contributed by atoms with E-state index in [1.165, 1.54) is 70.6 Å². The smallest absolute Gasteiger partial charge is 0.305 e. The number of esters is 1. The first-order chi connectivity index (χ1) is 14.6. The van der Waals surface area contributed by atoms with Gasteiger partial charge in [-0.05, 0) is 52.9 Å². The van der Waals surface area contributed by atoms with Gasteiger partial charge in [-0.25, -0.2) is 0 Å². The quantitative estimate of drug-likeness (QED) is 0.103. The van der Waals surface area contributed by atoms with Gasteiger partial charge in [-0.3, -0.25) is 4.79 Å². The Bertz CT molecular complexity index is 394. The lowest BCUT2D eigenvalue weighted by molar-refractivity contribution is -0.148. The minimum absolute atomic E-state index is 0.0731. The van der Waals surface area contributed by atoms with Gasteiger partial charge in [0.15, 0.2) is 0 Å².